The summed E-state index contributed by atoms with van der Waals surface area (Å²) in [5.41, 5.74) is 0.740. The first kappa shape index (κ1) is 6.66. The molecule has 48 valence electrons. The molecular weight excluding hydrogens is 157 g/mol. The maximum atomic E-state index is 2.53. The van der Waals surface area contributed by atoms with Gasteiger partial charge in [-0.15, -0.1) is 0 Å². The minimum atomic E-state index is -1.02. The number of hydrogen-bond acceptors (Lipinski definition) is 0. The van der Waals surface area contributed by atoms with E-state index in [2.05, 4.69) is 25.4 Å². The summed E-state index contributed by atoms with van der Waals surface area (Å²) >= 11 is -1.02. The average molecular weight is 173 g/mol. The Kier molecular flexibility index (Phi) is 1.27. The molecule has 0 atom stereocenters. The molecule has 0 aliphatic carbocycles. The Balaban J connectivity index is 2.42. The van der Waals surface area contributed by atoms with Crippen LogP contribution < -0.4 is 0 Å². The molecule has 0 radical (unpaired) electrons. The molecule has 8 heavy (non-hydrogen) atoms. The summed E-state index contributed by atoms with van der Waals surface area (Å²) in [5, 5.41) is 3.18. The zero-order chi connectivity index (χ0) is 6.41. The summed E-state index contributed by atoms with van der Waals surface area (Å²) in [5.74, 6) is 5.07. The van der Waals surface area contributed by atoms with Gasteiger partial charge in [-0.1, -0.05) is 0 Å². The topological polar surface area (TPSA) is 0 Å². The van der Waals surface area contributed by atoms with E-state index in [1.165, 1.54) is 0 Å². The Morgan fingerprint density at radius 2 is 1.50 bits per heavy atom. The second-order valence-electron chi connectivity index (χ2n) is 4.68. The zero-order valence-corrected chi connectivity index (χ0v) is 8.51. The molecule has 0 bridgehead atoms. The van der Waals surface area contributed by atoms with E-state index in [-0.39, 0.29) is 0 Å². The van der Waals surface area contributed by atoms with E-state index in [4.69, 9.17) is 0 Å². The second-order valence-corrected chi connectivity index (χ2v) is 15.2. The van der Waals surface area contributed by atoms with Crippen LogP contribution in [0.4, 0.5) is 0 Å². The first-order chi connectivity index (χ1) is 3.41. The van der Waals surface area contributed by atoms with E-state index in [1.807, 2.05) is 0 Å². The van der Waals surface area contributed by atoms with Gasteiger partial charge in [0.15, 0.2) is 0 Å². The van der Waals surface area contributed by atoms with E-state index in [9.17, 15) is 0 Å². The normalized spacial score (nSPS) is 31.5. The molecule has 0 nitrogen and oxygen atoms in total. The van der Waals surface area contributed by atoms with Gasteiger partial charge in [-0.2, -0.15) is 0 Å². The van der Waals surface area contributed by atoms with Crippen molar-refractivity contribution >= 4 is 13.3 Å². The van der Waals surface area contributed by atoms with Gasteiger partial charge in [0.2, 0.25) is 0 Å². The predicted octanol–water partition coefficient (Wildman–Crippen LogP) is 2.73. The van der Waals surface area contributed by atoms with Gasteiger partial charge in [-0.25, -0.2) is 0 Å². The summed E-state index contributed by atoms with van der Waals surface area (Å²) in [6.07, 6.45) is 0. The monoisotopic (exact) mass is 174 g/mol. The summed E-state index contributed by atoms with van der Waals surface area (Å²) in [4.78, 5) is 0. The SMILES string of the molecule is CC1(C)[CH2][Ge]([CH3])([CH3])[CH2]1. The van der Waals surface area contributed by atoms with Crippen molar-refractivity contribution in [3.63, 3.8) is 0 Å². The Hall–Kier alpha value is 0.543. The van der Waals surface area contributed by atoms with Crippen LogP contribution >= 0.6 is 0 Å². The van der Waals surface area contributed by atoms with Crippen molar-refractivity contribution in [2.75, 3.05) is 0 Å². The molecule has 1 aliphatic heterocycles. The van der Waals surface area contributed by atoms with Gasteiger partial charge in [0.05, 0.1) is 0 Å². The minimum absolute atomic E-state index is 0.740. The molecule has 0 aromatic rings. The van der Waals surface area contributed by atoms with Gasteiger partial charge in [-0.3, -0.25) is 0 Å². The van der Waals surface area contributed by atoms with Crippen molar-refractivity contribution in [3.8, 4) is 0 Å². The van der Waals surface area contributed by atoms with E-state index in [0.29, 0.717) is 0 Å². The summed E-state index contributed by atoms with van der Waals surface area (Å²) in [7, 11) is 0. The molecule has 0 N–H and O–H groups in total. The van der Waals surface area contributed by atoms with Gasteiger partial charge >= 0.3 is 54.5 Å². The van der Waals surface area contributed by atoms with Crippen LogP contribution in [0.5, 0.6) is 0 Å². The Morgan fingerprint density at radius 3 is 1.50 bits per heavy atom. The van der Waals surface area contributed by atoms with Crippen molar-refractivity contribution in [1.29, 1.82) is 0 Å². The predicted molar refractivity (Wildman–Crippen MR) is 40.9 cm³/mol. The van der Waals surface area contributed by atoms with Gasteiger partial charge in [-0.05, 0) is 0 Å². The standard InChI is InChI=1S/C7H16Ge/c1-7(2)5-8(3,4)6-7/h5-6H2,1-4H3. The third-order valence-electron chi connectivity index (χ3n) is 1.91. The van der Waals surface area contributed by atoms with Crippen LogP contribution in [0.1, 0.15) is 13.8 Å². The van der Waals surface area contributed by atoms with Crippen LogP contribution in [-0.4, -0.2) is 13.3 Å². The Bertz CT molecular complexity index is 81.0. The molecule has 0 unspecified atom stereocenters. The van der Waals surface area contributed by atoms with Crippen LogP contribution in [0.3, 0.4) is 0 Å². The van der Waals surface area contributed by atoms with Crippen molar-refractivity contribution in [1.82, 2.24) is 0 Å². The van der Waals surface area contributed by atoms with Crippen LogP contribution in [0.15, 0.2) is 0 Å². The van der Waals surface area contributed by atoms with Crippen molar-refractivity contribution in [2.45, 2.75) is 35.9 Å². The van der Waals surface area contributed by atoms with Gasteiger partial charge in [0, 0.05) is 0 Å². The average Bonchev–Trinajstić information content (AvgIpc) is 1.20. The second kappa shape index (κ2) is 1.53. The zero-order valence-electron chi connectivity index (χ0n) is 6.41. The maximum absolute atomic E-state index is 2.53. The summed E-state index contributed by atoms with van der Waals surface area (Å²) in [6, 6.07) is 0. The molecule has 0 aromatic carbocycles. The third-order valence-corrected chi connectivity index (χ3v) is 9.95. The van der Waals surface area contributed by atoms with Crippen LogP contribution in [-0.2, 0) is 0 Å². The fourth-order valence-electron chi connectivity index (χ4n) is 2.54. The molecule has 1 heteroatoms. The first-order valence-electron chi connectivity index (χ1n) is 3.41. The molecule has 1 rings (SSSR count). The molecular formula is C7H16Ge. The molecule has 0 aromatic heterocycles. The quantitative estimate of drug-likeness (QED) is 0.493. The molecule has 1 heterocycles. The van der Waals surface area contributed by atoms with Gasteiger partial charge in [0.1, 0.15) is 0 Å². The summed E-state index contributed by atoms with van der Waals surface area (Å²) < 4.78 is 0. The first-order valence-corrected chi connectivity index (χ1v) is 10.6. The van der Waals surface area contributed by atoms with Crippen molar-refractivity contribution in [2.24, 2.45) is 5.41 Å². The van der Waals surface area contributed by atoms with Crippen LogP contribution in [0.25, 0.3) is 0 Å². The van der Waals surface area contributed by atoms with E-state index in [0.717, 1.165) is 5.41 Å². The fraction of sp³-hybridized carbons (Fsp3) is 1.00. The van der Waals surface area contributed by atoms with E-state index >= 15 is 0 Å². The Morgan fingerprint density at radius 1 is 1.12 bits per heavy atom. The van der Waals surface area contributed by atoms with Crippen LogP contribution in [0.2, 0.25) is 22.0 Å². The van der Waals surface area contributed by atoms with E-state index in [1.54, 1.807) is 10.5 Å². The Labute approximate surface area is 55.0 Å². The van der Waals surface area contributed by atoms with Crippen molar-refractivity contribution < 1.29 is 0 Å². The molecule has 0 saturated carbocycles. The molecule has 1 fully saturated rings. The van der Waals surface area contributed by atoms with E-state index < -0.39 is 13.3 Å². The summed E-state index contributed by atoms with van der Waals surface area (Å²) in [6.45, 7) is 4.78. The van der Waals surface area contributed by atoms with Crippen molar-refractivity contribution in [3.05, 3.63) is 0 Å². The number of hydrogen-bond donors (Lipinski definition) is 0. The molecule has 0 amide bonds. The molecule has 1 saturated heterocycles. The molecule has 1 aliphatic rings. The number of rotatable bonds is 0. The fourth-order valence-corrected chi connectivity index (χ4v) is 13.2. The van der Waals surface area contributed by atoms with Gasteiger partial charge in [0.25, 0.3) is 0 Å². The van der Waals surface area contributed by atoms with Crippen LogP contribution in [0, 0.1) is 5.41 Å². The molecule has 0 spiro atoms. The third kappa shape index (κ3) is 1.28. The van der Waals surface area contributed by atoms with Gasteiger partial charge < -0.3 is 0 Å².